The maximum absolute atomic E-state index is 12.3. The van der Waals surface area contributed by atoms with Gasteiger partial charge in [0.05, 0.1) is 13.2 Å². The van der Waals surface area contributed by atoms with Crippen molar-refractivity contribution in [2.75, 3.05) is 19.8 Å². The molecule has 4 heteroatoms. The van der Waals surface area contributed by atoms with Crippen LogP contribution in [0.2, 0.25) is 0 Å². The summed E-state index contributed by atoms with van der Waals surface area (Å²) in [5.74, 6) is -0.199. The Morgan fingerprint density at radius 1 is 0.393 bits per heavy atom. The molecule has 0 spiro atoms. The molecular formula is C57H108O4. The molecule has 4 nitrogen and oxygen atoms in total. The topological polar surface area (TPSA) is 55.8 Å². The molecule has 0 saturated heterocycles. The number of unbranched alkanes of at least 4 members (excludes halogenated alkanes) is 38. The van der Waals surface area contributed by atoms with E-state index in [2.05, 4.69) is 50.3 Å². The molecule has 1 unspecified atom stereocenters. The van der Waals surface area contributed by atoms with Crippen molar-refractivity contribution in [3.63, 3.8) is 0 Å². The van der Waals surface area contributed by atoms with Crippen LogP contribution in [0.15, 0.2) is 36.5 Å². The van der Waals surface area contributed by atoms with Gasteiger partial charge < -0.3 is 14.6 Å². The second kappa shape index (κ2) is 54.7. The number of aliphatic hydroxyl groups is 1. The van der Waals surface area contributed by atoms with Gasteiger partial charge in [-0.25, -0.2) is 0 Å². The zero-order valence-corrected chi connectivity index (χ0v) is 41.4. The van der Waals surface area contributed by atoms with Crippen molar-refractivity contribution in [3.05, 3.63) is 36.5 Å². The third-order valence-corrected chi connectivity index (χ3v) is 12.5. The summed E-state index contributed by atoms with van der Waals surface area (Å²) < 4.78 is 11.2. The third-order valence-electron chi connectivity index (χ3n) is 12.5. The molecule has 0 aliphatic rings. The first-order chi connectivity index (χ1) is 30.2. The van der Waals surface area contributed by atoms with Crippen LogP contribution in [0.1, 0.15) is 296 Å². The smallest absolute Gasteiger partial charge is 0.306 e. The molecule has 0 rings (SSSR count). The lowest BCUT2D eigenvalue weighted by Gasteiger charge is -2.16. The highest BCUT2D eigenvalue weighted by molar-refractivity contribution is 5.69. The number of hydrogen-bond donors (Lipinski definition) is 1. The number of allylic oxidation sites excluding steroid dienone is 6. The van der Waals surface area contributed by atoms with E-state index >= 15 is 0 Å². The minimum absolute atomic E-state index is 0.170. The van der Waals surface area contributed by atoms with E-state index in [4.69, 9.17) is 9.47 Å². The summed E-state index contributed by atoms with van der Waals surface area (Å²) >= 11 is 0. The number of ether oxygens (including phenoxy) is 2. The Kier molecular flexibility index (Phi) is 53.5. The first-order valence-electron chi connectivity index (χ1n) is 27.6. The van der Waals surface area contributed by atoms with Crippen molar-refractivity contribution in [1.82, 2.24) is 0 Å². The van der Waals surface area contributed by atoms with E-state index in [-0.39, 0.29) is 12.6 Å². The summed E-state index contributed by atoms with van der Waals surface area (Å²) in [7, 11) is 0. The number of hydrogen-bond acceptors (Lipinski definition) is 4. The minimum atomic E-state index is -0.535. The fraction of sp³-hybridized carbons (Fsp3) is 0.877. The summed E-state index contributed by atoms with van der Waals surface area (Å²) in [6.07, 6.45) is 71.1. The average molecular weight is 857 g/mol. The summed E-state index contributed by atoms with van der Waals surface area (Å²) in [5.41, 5.74) is 0. The quantitative estimate of drug-likeness (QED) is 0.0376. The average Bonchev–Trinajstić information content (AvgIpc) is 3.27. The van der Waals surface area contributed by atoms with Gasteiger partial charge in [0.1, 0.15) is 6.10 Å². The van der Waals surface area contributed by atoms with E-state index in [0.717, 1.165) is 32.1 Å². The Balaban J connectivity index is 3.38. The highest BCUT2D eigenvalue weighted by Crippen LogP contribution is 2.17. The van der Waals surface area contributed by atoms with E-state index < -0.39 is 6.10 Å². The van der Waals surface area contributed by atoms with Crippen molar-refractivity contribution in [2.45, 2.75) is 302 Å². The molecule has 0 aromatic carbocycles. The maximum atomic E-state index is 12.3. The molecule has 1 atom stereocenters. The van der Waals surface area contributed by atoms with Gasteiger partial charge in [0.2, 0.25) is 0 Å². The van der Waals surface area contributed by atoms with Crippen LogP contribution in [0.25, 0.3) is 0 Å². The lowest BCUT2D eigenvalue weighted by atomic mass is 10.0. The van der Waals surface area contributed by atoms with Crippen LogP contribution in [0.3, 0.4) is 0 Å². The number of esters is 1. The van der Waals surface area contributed by atoms with Crippen LogP contribution < -0.4 is 0 Å². The van der Waals surface area contributed by atoms with Gasteiger partial charge in [0, 0.05) is 13.0 Å². The molecule has 0 aliphatic carbocycles. The molecule has 0 radical (unpaired) electrons. The summed E-state index contributed by atoms with van der Waals surface area (Å²) in [6.45, 7) is 5.38. The molecule has 0 saturated carbocycles. The second-order valence-corrected chi connectivity index (χ2v) is 18.7. The SMILES string of the molecule is CCCCCCC/C=C\C/C=C\C/C=C\CCCCCCCCCCCCC(=O)OC(CO)COCCCCCCCCCCCCCCCCCCCCCCCCCC. The first kappa shape index (κ1) is 59.6. The predicted molar refractivity (Wildman–Crippen MR) is 270 cm³/mol. The standard InChI is InChI=1S/C57H108O4/c1-3-5-7-9-11-13-15-17-19-21-23-25-27-29-30-32-34-36-38-40-42-44-46-48-50-52-57(59)61-56(54-58)55-60-53-51-49-47-45-43-41-39-37-35-33-31-28-26-24-22-20-18-16-14-12-10-8-6-4-2/h15,17,21,23,27,29,56,58H,3-14,16,18-20,22,24-26,28,30-55H2,1-2H3/b17-15-,23-21-,29-27-. The van der Waals surface area contributed by atoms with E-state index in [9.17, 15) is 9.90 Å². The highest BCUT2D eigenvalue weighted by atomic mass is 16.6. The summed E-state index contributed by atoms with van der Waals surface area (Å²) in [6, 6.07) is 0. The zero-order chi connectivity index (χ0) is 44.0. The molecule has 0 heterocycles. The summed E-state index contributed by atoms with van der Waals surface area (Å²) in [4.78, 5) is 12.3. The number of carbonyl (C=O) groups is 1. The van der Waals surface area contributed by atoms with Gasteiger partial charge in [-0.05, 0) is 51.4 Å². The van der Waals surface area contributed by atoms with Crippen molar-refractivity contribution < 1.29 is 19.4 Å². The Morgan fingerprint density at radius 3 is 1.03 bits per heavy atom. The fourth-order valence-electron chi connectivity index (χ4n) is 8.34. The zero-order valence-electron chi connectivity index (χ0n) is 41.4. The Morgan fingerprint density at radius 2 is 0.689 bits per heavy atom. The first-order valence-corrected chi connectivity index (χ1v) is 27.6. The monoisotopic (exact) mass is 857 g/mol. The fourth-order valence-corrected chi connectivity index (χ4v) is 8.34. The molecule has 0 amide bonds. The molecule has 0 aliphatic heterocycles. The van der Waals surface area contributed by atoms with Crippen LogP contribution in [0.5, 0.6) is 0 Å². The molecule has 0 fully saturated rings. The number of carbonyl (C=O) groups excluding carboxylic acids is 1. The van der Waals surface area contributed by atoms with E-state index in [1.165, 1.54) is 244 Å². The van der Waals surface area contributed by atoms with Gasteiger partial charge in [0.25, 0.3) is 0 Å². The van der Waals surface area contributed by atoms with E-state index in [1.54, 1.807) is 0 Å². The molecule has 0 aromatic heterocycles. The van der Waals surface area contributed by atoms with Crippen LogP contribution in [-0.4, -0.2) is 37.0 Å². The Labute approximate surface area is 382 Å². The molecule has 61 heavy (non-hydrogen) atoms. The second-order valence-electron chi connectivity index (χ2n) is 18.7. The van der Waals surface area contributed by atoms with Crippen LogP contribution >= 0.6 is 0 Å². The van der Waals surface area contributed by atoms with Gasteiger partial charge >= 0.3 is 5.97 Å². The molecule has 1 N–H and O–H groups in total. The molecule has 360 valence electrons. The predicted octanol–water partition coefficient (Wildman–Crippen LogP) is 18.8. The summed E-state index contributed by atoms with van der Waals surface area (Å²) in [5, 5.41) is 9.67. The largest absolute Gasteiger partial charge is 0.457 e. The number of aliphatic hydroxyl groups excluding tert-OH is 1. The van der Waals surface area contributed by atoms with E-state index in [0.29, 0.717) is 19.6 Å². The Hall–Kier alpha value is -1.39. The third kappa shape index (κ3) is 52.9. The van der Waals surface area contributed by atoms with Crippen LogP contribution in [0, 0.1) is 0 Å². The van der Waals surface area contributed by atoms with Crippen LogP contribution in [0.4, 0.5) is 0 Å². The highest BCUT2D eigenvalue weighted by Gasteiger charge is 2.13. The van der Waals surface area contributed by atoms with Gasteiger partial charge in [-0.1, -0.05) is 275 Å². The van der Waals surface area contributed by atoms with Gasteiger partial charge in [-0.2, -0.15) is 0 Å². The van der Waals surface area contributed by atoms with Crippen molar-refractivity contribution in [2.24, 2.45) is 0 Å². The van der Waals surface area contributed by atoms with E-state index in [1.807, 2.05) is 0 Å². The Bertz CT molecular complexity index is 909. The maximum Gasteiger partial charge on any atom is 0.306 e. The van der Waals surface area contributed by atoms with Crippen molar-refractivity contribution >= 4 is 5.97 Å². The lowest BCUT2D eigenvalue weighted by molar-refractivity contribution is -0.154. The lowest BCUT2D eigenvalue weighted by Crippen LogP contribution is -2.27. The minimum Gasteiger partial charge on any atom is -0.457 e. The molecule has 0 aromatic rings. The van der Waals surface area contributed by atoms with Crippen LogP contribution in [-0.2, 0) is 14.3 Å². The van der Waals surface area contributed by atoms with Gasteiger partial charge in [0.15, 0.2) is 0 Å². The normalized spacial score (nSPS) is 12.5. The molecule has 0 bridgehead atoms. The number of rotatable bonds is 52. The molecular weight excluding hydrogens is 749 g/mol. The van der Waals surface area contributed by atoms with Gasteiger partial charge in [-0.3, -0.25) is 4.79 Å². The van der Waals surface area contributed by atoms with Crippen molar-refractivity contribution in [3.8, 4) is 0 Å². The van der Waals surface area contributed by atoms with Gasteiger partial charge in [-0.15, -0.1) is 0 Å². The van der Waals surface area contributed by atoms with Crippen molar-refractivity contribution in [1.29, 1.82) is 0 Å².